The Morgan fingerprint density at radius 1 is 0.308 bits per heavy atom. The molecule has 4 unspecified atom stereocenters. The van der Waals surface area contributed by atoms with E-state index in [0.29, 0.717) is 52.1 Å². The van der Waals surface area contributed by atoms with Crippen LogP contribution in [0.15, 0.2) is 0 Å². The van der Waals surface area contributed by atoms with Crippen molar-refractivity contribution < 1.29 is 49.8 Å². The van der Waals surface area contributed by atoms with Gasteiger partial charge in [-0.15, -0.1) is 0 Å². The summed E-state index contributed by atoms with van der Waals surface area (Å²) in [6, 6.07) is -0.632. The second kappa shape index (κ2) is 55.1. The predicted octanol–water partition coefficient (Wildman–Crippen LogP) is 7.50. The molecule has 0 aromatic rings. The Morgan fingerprint density at radius 2 is 0.513 bits per heavy atom. The van der Waals surface area contributed by atoms with Gasteiger partial charge >= 0.3 is 0 Å². The smallest absolute Gasteiger partial charge is 0.250 e. The zero-order valence-corrected chi connectivity index (χ0v) is 50.5. The number of amides is 4. The molecule has 0 aromatic carbocycles. The number of carbonyl (C=O) groups is 4. The third kappa shape index (κ3) is 44.2. The predicted molar refractivity (Wildman–Crippen MR) is 318 cm³/mol. The van der Waals surface area contributed by atoms with E-state index < -0.39 is 54.1 Å². The minimum Gasteiger partial charge on any atom is -0.395 e. The van der Waals surface area contributed by atoms with Crippen molar-refractivity contribution in [1.82, 2.24) is 36.0 Å². The third-order valence-electron chi connectivity index (χ3n) is 15.0. The summed E-state index contributed by atoms with van der Waals surface area (Å²) in [5, 5.41) is 76.5. The summed E-state index contributed by atoms with van der Waals surface area (Å²) in [6.45, 7) is 10.7. The molecule has 78 heavy (non-hydrogen) atoms. The van der Waals surface area contributed by atoms with Gasteiger partial charge in [0.1, 0.15) is 24.4 Å². The van der Waals surface area contributed by atoms with Crippen LogP contribution in [0.5, 0.6) is 0 Å². The molecule has 10 N–H and O–H groups in total. The van der Waals surface area contributed by atoms with Crippen LogP contribution in [0.4, 0.5) is 0 Å². The van der Waals surface area contributed by atoms with Crippen LogP contribution < -0.4 is 21.3 Å². The van der Waals surface area contributed by atoms with E-state index in [0.717, 1.165) is 77.0 Å². The highest BCUT2D eigenvalue weighted by Gasteiger charge is 2.27. The highest BCUT2D eigenvalue weighted by molar-refractivity contribution is 5.82. The summed E-state index contributed by atoms with van der Waals surface area (Å²) < 4.78 is 0. The Bertz CT molecular complexity index is 1210. The highest BCUT2D eigenvalue weighted by Crippen LogP contribution is 2.13. The average molecular weight is 1110 g/mol. The molecule has 0 aromatic heterocycles. The van der Waals surface area contributed by atoms with Crippen LogP contribution in [0, 0.1) is 0 Å². The van der Waals surface area contributed by atoms with Crippen LogP contribution in [0.2, 0.25) is 0 Å². The first-order valence-electron chi connectivity index (χ1n) is 32.1. The van der Waals surface area contributed by atoms with Crippen molar-refractivity contribution >= 4 is 23.6 Å². The van der Waals surface area contributed by atoms with Crippen molar-refractivity contribution in [3.8, 4) is 0 Å². The second-order valence-electron chi connectivity index (χ2n) is 22.4. The number of carbonyl (C=O) groups excluding carboxylic acids is 4. The number of hydrogen-bond acceptors (Lipinski definition) is 13. The molecular formula is C61H123N7O10. The standard InChI is InChI=1S/C61H123N7O10/c1-5-9-13-17-21-25-29-33-39-62-58(75)54(71)47-66(48-55(72)59(76)63-40-34-30-26-22-18-14-10-6-2)43-37-45-68(53(51-69)52-70)46-38-44-67(49-56(73)60(77)64-41-35-31-27-23-19-15-11-7-3)50-57(74)61(78)65-42-36-32-28-24-20-16-12-8-4/h53-57,69-74H,5-52H2,1-4H3,(H,62,75)(H,63,76)(H,64,77)(H,65,78). The normalized spacial score (nSPS) is 13.4. The lowest BCUT2D eigenvalue weighted by Crippen LogP contribution is -2.49. The maximum atomic E-state index is 13.1. The molecule has 17 nitrogen and oxygen atoms in total. The Balaban J connectivity index is 5.82. The van der Waals surface area contributed by atoms with Gasteiger partial charge in [-0.25, -0.2) is 0 Å². The molecule has 0 rings (SSSR count). The number of aliphatic hydroxyl groups is 6. The van der Waals surface area contributed by atoms with E-state index in [1.165, 1.54) is 128 Å². The van der Waals surface area contributed by atoms with E-state index in [9.17, 15) is 49.8 Å². The van der Waals surface area contributed by atoms with Crippen LogP contribution in [0.3, 0.4) is 0 Å². The zero-order chi connectivity index (χ0) is 57.7. The Morgan fingerprint density at radius 3 is 0.718 bits per heavy atom. The van der Waals surface area contributed by atoms with E-state index in [-0.39, 0.29) is 52.5 Å². The number of nitrogens with one attached hydrogen (secondary N) is 4. The quantitative estimate of drug-likeness (QED) is 0.0266. The van der Waals surface area contributed by atoms with Crippen LogP contribution in [0.1, 0.15) is 246 Å². The molecule has 4 atom stereocenters. The van der Waals surface area contributed by atoms with Crippen molar-refractivity contribution in [2.75, 3.05) is 91.8 Å². The maximum Gasteiger partial charge on any atom is 0.250 e. The van der Waals surface area contributed by atoms with Gasteiger partial charge in [-0.05, 0) is 64.7 Å². The number of aliphatic hydroxyl groups excluding tert-OH is 6. The Hall–Kier alpha value is -2.48. The minimum absolute atomic E-state index is 0.117. The van der Waals surface area contributed by atoms with E-state index in [1.54, 1.807) is 9.80 Å². The number of hydrogen-bond donors (Lipinski definition) is 10. The summed E-state index contributed by atoms with van der Waals surface area (Å²) in [4.78, 5) is 57.7. The van der Waals surface area contributed by atoms with Gasteiger partial charge < -0.3 is 51.9 Å². The number of nitrogens with zero attached hydrogens (tertiary/aromatic N) is 3. The lowest BCUT2D eigenvalue weighted by molar-refractivity contribution is -0.133. The molecule has 0 radical (unpaired) electrons. The summed E-state index contributed by atoms with van der Waals surface area (Å²) in [6.07, 6.45) is 31.1. The molecule has 0 saturated heterocycles. The summed E-state index contributed by atoms with van der Waals surface area (Å²) in [5.41, 5.74) is 0. The summed E-state index contributed by atoms with van der Waals surface area (Å²) in [7, 11) is 0. The minimum atomic E-state index is -1.40. The van der Waals surface area contributed by atoms with E-state index in [4.69, 9.17) is 0 Å². The highest BCUT2D eigenvalue weighted by atomic mass is 16.3. The summed E-state index contributed by atoms with van der Waals surface area (Å²) in [5.74, 6) is -2.05. The van der Waals surface area contributed by atoms with Gasteiger partial charge in [-0.2, -0.15) is 0 Å². The third-order valence-corrected chi connectivity index (χ3v) is 15.0. The first kappa shape index (κ1) is 75.5. The fourth-order valence-corrected chi connectivity index (χ4v) is 9.94. The summed E-state index contributed by atoms with van der Waals surface area (Å²) >= 11 is 0. The van der Waals surface area contributed by atoms with E-state index in [1.807, 2.05) is 4.90 Å². The van der Waals surface area contributed by atoms with Crippen LogP contribution in [-0.2, 0) is 19.2 Å². The maximum absolute atomic E-state index is 13.1. The number of unbranched alkanes of at least 4 members (excludes halogenated alkanes) is 28. The van der Waals surface area contributed by atoms with Crippen molar-refractivity contribution in [2.45, 2.75) is 276 Å². The molecule has 0 bridgehead atoms. The molecule has 0 heterocycles. The second-order valence-corrected chi connectivity index (χ2v) is 22.4. The molecule has 0 aliphatic carbocycles. The van der Waals surface area contributed by atoms with Crippen LogP contribution in [0.25, 0.3) is 0 Å². The van der Waals surface area contributed by atoms with Crippen LogP contribution in [-0.4, -0.2) is 191 Å². The molecule has 0 aliphatic rings. The first-order valence-corrected chi connectivity index (χ1v) is 32.1. The molecule has 4 amide bonds. The van der Waals surface area contributed by atoms with Crippen molar-refractivity contribution in [3.05, 3.63) is 0 Å². The van der Waals surface area contributed by atoms with Gasteiger partial charge in [0.2, 0.25) is 23.6 Å². The van der Waals surface area contributed by atoms with E-state index in [2.05, 4.69) is 49.0 Å². The van der Waals surface area contributed by atoms with Crippen molar-refractivity contribution in [3.63, 3.8) is 0 Å². The van der Waals surface area contributed by atoms with Crippen molar-refractivity contribution in [1.29, 1.82) is 0 Å². The van der Waals surface area contributed by atoms with Gasteiger partial charge in [0.15, 0.2) is 0 Å². The topological polar surface area (TPSA) is 247 Å². The van der Waals surface area contributed by atoms with Gasteiger partial charge in [0, 0.05) is 52.4 Å². The molecule has 462 valence electrons. The molecule has 0 saturated carbocycles. The van der Waals surface area contributed by atoms with Gasteiger partial charge in [0.05, 0.1) is 19.3 Å². The Labute approximate surface area is 476 Å². The molecular weight excluding hydrogens is 991 g/mol. The zero-order valence-electron chi connectivity index (χ0n) is 50.5. The van der Waals surface area contributed by atoms with Gasteiger partial charge in [-0.3, -0.25) is 33.9 Å². The number of rotatable bonds is 59. The molecule has 0 spiro atoms. The molecule has 0 fully saturated rings. The average Bonchev–Trinajstić information content (AvgIpc) is 3.42. The van der Waals surface area contributed by atoms with Crippen molar-refractivity contribution in [2.24, 2.45) is 0 Å². The first-order chi connectivity index (χ1) is 37.9. The SMILES string of the molecule is CCCCCCCCCCNC(=O)C(O)CN(CCCN(CCCN(CC(O)C(=O)NCCCCCCCCCC)CC(O)C(=O)NCCCCCCCCCC)C(CO)CO)CC(O)C(=O)NCCCCCCCCCC. The largest absolute Gasteiger partial charge is 0.395 e. The Kier molecular flexibility index (Phi) is 53.3. The van der Waals surface area contributed by atoms with Gasteiger partial charge in [-0.1, -0.05) is 207 Å². The lowest BCUT2D eigenvalue weighted by Gasteiger charge is -2.32. The fraction of sp³-hybridized carbons (Fsp3) is 0.934. The monoisotopic (exact) mass is 1110 g/mol. The molecule has 0 aliphatic heterocycles. The lowest BCUT2D eigenvalue weighted by atomic mass is 10.1. The van der Waals surface area contributed by atoms with Gasteiger partial charge in [0.25, 0.3) is 0 Å². The fourth-order valence-electron chi connectivity index (χ4n) is 9.94. The van der Waals surface area contributed by atoms with E-state index >= 15 is 0 Å². The van der Waals surface area contributed by atoms with Crippen LogP contribution >= 0.6 is 0 Å². The molecule has 17 heteroatoms.